The van der Waals surface area contributed by atoms with Gasteiger partial charge in [0.05, 0.1) is 6.54 Å². The first-order chi connectivity index (χ1) is 7.70. The van der Waals surface area contributed by atoms with Crippen molar-refractivity contribution in [1.29, 1.82) is 0 Å². The Balaban J connectivity index is 2.31. The fraction of sp³-hybridized carbons (Fsp3) is 0.200. The molecular weight excluding hydrogens is 213 g/mol. The largest absolute Gasteiger partial charge is 0.505 e. The van der Waals surface area contributed by atoms with Crippen LogP contribution in [0.3, 0.4) is 0 Å². The van der Waals surface area contributed by atoms with E-state index in [9.17, 15) is 4.39 Å². The standard InChI is InChI=1S/C10H10FN3O2/c1-12-5-9-13-10(14-16-9)6-2-3-8(15)7(11)4-6/h2-4,12,15H,5H2,1H3. The van der Waals surface area contributed by atoms with Crippen molar-refractivity contribution in [3.8, 4) is 17.1 Å². The summed E-state index contributed by atoms with van der Waals surface area (Å²) in [5.41, 5.74) is 0.460. The molecule has 84 valence electrons. The molecular formula is C10H10FN3O2. The van der Waals surface area contributed by atoms with Gasteiger partial charge in [-0.1, -0.05) is 5.16 Å². The average molecular weight is 223 g/mol. The molecule has 0 amide bonds. The zero-order chi connectivity index (χ0) is 11.5. The summed E-state index contributed by atoms with van der Waals surface area (Å²) in [6, 6.07) is 3.93. The Labute approximate surface area is 90.9 Å². The Morgan fingerprint density at radius 3 is 3.00 bits per heavy atom. The zero-order valence-electron chi connectivity index (χ0n) is 8.57. The molecule has 0 aliphatic heterocycles. The average Bonchev–Trinajstić information content (AvgIpc) is 2.71. The number of nitrogens with one attached hydrogen (secondary N) is 1. The molecule has 0 saturated carbocycles. The number of hydrogen-bond acceptors (Lipinski definition) is 5. The lowest BCUT2D eigenvalue weighted by molar-refractivity contribution is 0.372. The van der Waals surface area contributed by atoms with Gasteiger partial charge in [-0.05, 0) is 25.2 Å². The highest BCUT2D eigenvalue weighted by Crippen LogP contribution is 2.22. The molecule has 1 aromatic carbocycles. The first-order valence-corrected chi connectivity index (χ1v) is 4.67. The summed E-state index contributed by atoms with van der Waals surface area (Å²) < 4.78 is 18.0. The number of aromatic nitrogens is 2. The molecule has 0 fully saturated rings. The van der Waals surface area contributed by atoms with Gasteiger partial charge in [-0.3, -0.25) is 0 Å². The summed E-state index contributed by atoms with van der Waals surface area (Å²) in [6.07, 6.45) is 0. The molecule has 0 unspecified atom stereocenters. The molecule has 16 heavy (non-hydrogen) atoms. The molecule has 2 aromatic rings. The highest BCUT2D eigenvalue weighted by Gasteiger charge is 2.10. The summed E-state index contributed by atoms with van der Waals surface area (Å²) >= 11 is 0. The number of rotatable bonds is 3. The predicted octanol–water partition coefficient (Wildman–Crippen LogP) is 1.30. The van der Waals surface area contributed by atoms with Crippen LogP contribution in [0.5, 0.6) is 5.75 Å². The van der Waals surface area contributed by atoms with Crippen molar-refractivity contribution < 1.29 is 14.0 Å². The molecule has 0 aliphatic carbocycles. The van der Waals surface area contributed by atoms with Crippen LogP contribution in [0, 0.1) is 5.82 Å². The van der Waals surface area contributed by atoms with Crippen LogP contribution >= 0.6 is 0 Å². The lowest BCUT2D eigenvalue weighted by atomic mass is 10.2. The van der Waals surface area contributed by atoms with E-state index in [1.165, 1.54) is 12.1 Å². The topological polar surface area (TPSA) is 71.2 Å². The van der Waals surface area contributed by atoms with E-state index in [1.807, 2.05) is 0 Å². The van der Waals surface area contributed by atoms with E-state index in [-0.39, 0.29) is 0 Å². The fourth-order valence-electron chi connectivity index (χ4n) is 1.24. The highest BCUT2D eigenvalue weighted by molar-refractivity contribution is 5.55. The Kier molecular flexibility index (Phi) is 2.82. The molecule has 6 heteroatoms. The van der Waals surface area contributed by atoms with Gasteiger partial charge in [0, 0.05) is 5.56 Å². The lowest BCUT2D eigenvalue weighted by Gasteiger charge is -1.96. The maximum absolute atomic E-state index is 13.1. The minimum Gasteiger partial charge on any atom is -0.505 e. The maximum Gasteiger partial charge on any atom is 0.240 e. The molecule has 0 atom stereocenters. The Morgan fingerprint density at radius 1 is 1.50 bits per heavy atom. The van der Waals surface area contributed by atoms with Crippen molar-refractivity contribution >= 4 is 0 Å². The van der Waals surface area contributed by atoms with Crippen LogP contribution in [0.4, 0.5) is 4.39 Å². The van der Waals surface area contributed by atoms with E-state index in [0.717, 1.165) is 6.07 Å². The number of halogens is 1. The van der Waals surface area contributed by atoms with Crippen molar-refractivity contribution in [2.45, 2.75) is 6.54 Å². The van der Waals surface area contributed by atoms with Crippen LogP contribution in [-0.4, -0.2) is 22.3 Å². The second-order valence-corrected chi connectivity index (χ2v) is 3.21. The normalized spacial score (nSPS) is 10.6. The number of phenolic OH excluding ortho intramolecular Hbond substituents is 1. The molecule has 0 bridgehead atoms. The van der Waals surface area contributed by atoms with Gasteiger partial charge in [-0.2, -0.15) is 4.98 Å². The van der Waals surface area contributed by atoms with Gasteiger partial charge >= 0.3 is 0 Å². The first kappa shape index (κ1) is 10.6. The van der Waals surface area contributed by atoms with Crippen molar-refractivity contribution in [3.63, 3.8) is 0 Å². The first-order valence-electron chi connectivity index (χ1n) is 4.67. The molecule has 0 aliphatic rings. The molecule has 2 rings (SSSR count). The van der Waals surface area contributed by atoms with Crippen LogP contribution in [-0.2, 0) is 6.54 Å². The lowest BCUT2D eigenvalue weighted by Crippen LogP contribution is -2.04. The van der Waals surface area contributed by atoms with Gasteiger partial charge in [0.1, 0.15) is 0 Å². The Bertz CT molecular complexity index is 499. The minimum absolute atomic E-state index is 0.296. The molecule has 5 nitrogen and oxygen atoms in total. The molecule has 2 N–H and O–H groups in total. The van der Waals surface area contributed by atoms with Gasteiger partial charge in [0.2, 0.25) is 11.7 Å². The van der Waals surface area contributed by atoms with Crippen LogP contribution in [0.25, 0.3) is 11.4 Å². The maximum atomic E-state index is 13.1. The summed E-state index contributed by atoms with van der Waals surface area (Å²) in [7, 11) is 1.75. The van der Waals surface area contributed by atoms with Crippen molar-refractivity contribution in [2.75, 3.05) is 7.05 Å². The molecule has 0 radical (unpaired) electrons. The van der Waals surface area contributed by atoms with Crippen molar-refractivity contribution in [3.05, 3.63) is 29.9 Å². The number of nitrogens with zero attached hydrogens (tertiary/aromatic N) is 2. The highest BCUT2D eigenvalue weighted by atomic mass is 19.1. The predicted molar refractivity (Wildman–Crippen MR) is 54.1 cm³/mol. The monoisotopic (exact) mass is 223 g/mol. The quantitative estimate of drug-likeness (QED) is 0.820. The Morgan fingerprint density at radius 2 is 2.31 bits per heavy atom. The smallest absolute Gasteiger partial charge is 0.240 e. The summed E-state index contributed by atoms with van der Waals surface area (Å²) in [5, 5.41) is 15.6. The third-order valence-corrected chi connectivity index (χ3v) is 2.00. The number of benzene rings is 1. The molecule has 0 spiro atoms. The second kappa shape index (κ2) is 4.28. The second-order valence-electron chi connectivity index (χ2n) is 3.21. The van der Waals surface area contributed by atoms with E-state index in [2.05, 4.69) is 15.5 Å². The Hall–Kier alpha value is -1.95. The molecule has 1 heterocycles. The summed E-state index contributed by atoms with van der Waals surface area (Å²) in [5.74, 6) is -0.393. The fourth-order valence-corrected chi connectivity index (χ4v) is 1.24. The van der Waals surface area contributed by atoms with E-state index >= 15 is 0 Å². The van der Waals surface area contributed by atoms with E-state index in [4.69, 9.17) is 9.63 Å². The van der Waals surface area contributed by atoms with Gasteiger partial charge in [-0.15, -0.1) is 0 Å². The van der Waals surface area contributed by atoms with Crippen LogP contribution in [0.1, 0.15) is 5.89 Å². The van der Waals surface area contributed by atoms with Crippen molar-refractivity contribution in [1.82, 2.24) is 15.5 Å². The number of aromatic hydroxyl groups is 1. The number of hydrogen-bond donors (Lipinski definition) is 2. The van der Waals surface area contributed by atoms with Crippen molar-refractivity contribution in [2.24, 2.45) is 0 Å². The number of phenols is 1. The SMILES string of the molecule is CNCc1nc(-c2ccc(O)c(F)c2)no1. The van der Waals surface area contributed by atoms with Crippen LogP contribution in [0.15, 0.2) is 22.7 Å². The van der Waals surface area contributed by atoms with Gasteiger partial charge in [0.25, 0.3) is 0 Å². The van der Waals surface area contributed by atoms with Gasteiger partial charge < -0.3 is 14.9 Å². The summed E-state index contributed by atoms with van der Waals surface area (Å²) in [4.78, 5) is 4.05. The molecule has 0 saturated heterocycles. The van der Waals surface area contributed by atoms with E-state index in [0.29, 0.717) is 23.8 Å². The van der Waals surface area contributed by atoms with Crippen LogP contribution in [0.2, 0.25) is 0 Å². The van der Waals surface area contributed by atoms with E-state index in [1.54, 1.807) is 7.05 Å². The third kappa shape index (κ3) is 2.01. The molecule has 1 aromatic heterocycles. The minimum atomic E-state index is -0.711. The van der Waals surface area contributed by atoms with Crippen LogP contribution < -0.4 is 5.32 Å². The van der Waals surface area contributed by atoms with Gasteiger partial charge in [0.15, 0.2) is 11.6 Å². The van der Waals surface area contributed by atoms with Gasteiger partial charge in [-0.25, -0.2) is 4.39 Å². The summed E-state index contributed by atoms with van der Waals surface area (Å²) in [6.45, 7) is 0.452. The zero-order valence-corrected chi connectivity index (χ0v) is 8.57. The third-order valence-electron chi connectivity index (χ3n) is 2.00. The van der Waals surface area contributed by atoms with E-state index < -0.39 is 11.6 Å².